The first-order valence-corrected chi connectivity index (χ1v) is 4.36. The molecule has 0 amide bonds. The van der Waals surface area contributed by atoms with E-state index in [1.807, 2.05) is 0 Å². The molecule has 0 radical (unpaired) electrons. The van der Waals surface area contributed by atoms with Gasteiger partial charge in [-0.15, -0.1) is 0 Å². The van der Waals surface area contributed by atoms with E-state index < -0.39 is 0 Å². The first-order valence-electron chi connectivity index (χ1n) is 3.98. The van der Waals surface area contributed by atoms with Gasteiger partial charge >= 0.3 is 6.01 Å². The van der Waals surface area contributed by atoms with Gasteiger partial charge in [0.1, 0.15) is 11.6 Å². The molecule has 4 nitrogen and oxygen atoms in total. The van der Waals surface area contributed by atoms with Crippen LogP contribution < -0.4 is 10.5 Å². The Balaban J connectivity index is 2.15. The number of nitrogen functional groups attached to an aromatic ring is 1. The summed E-state index contributed by atoms with van der Waals surface area (Å²) in [7, 11) is 0. The van der Waals surface area contributed by atoms with Gasteiger partial charge in [0, 0.05) is 5.02 Å². The number of nitrogens with zero attached hydrogens (tertiary/aromatic N) is 1. The fraction of sp³-hybridized carbons (Fsp3) is 0. The van der Waals surface area contributed by atoms with Crippen molar-refractivity contribution in [2.24, 2.45) is 0 Å². The predicted octanol–water partition coefficient (Wildman–Crippen LogP) is 2.44. The molecule has 0 fully saturated rings. The average Bonchev–Trinajstić information content (AvgIpc) is 2.56. The minimum Gasteiger partial charge on any atom is -0.426 e. The van der Waals surface area contributed by atoms with Gasteiger partial charge in [0.15, 0.2) is 0 Å². The SMILES string of the molecule is Nc1cnc(Oc2ccc(Cl)cc2)[nH]1. The number of aromatic amines is 1. The standard InChI is InChI=1S/C9H8ClN3O/c10-6-1-3-7(4-2-6)14-9-12-5-8(11)13-9/h1-5H,11H2,(H,12,13). The van der Waals surface area contributed by atoms with Crippen LogP contribution in [0.15, 0.2) is 30.5 Å². The number of ether oxygens (including phenoxy) is 1. The number of rotatable bonds is 2. The number of nitrogens with two attached hydrogens (primary N) is 1. The van der Waals surface area contributed by atoms with Gasteiger partial charge in [-0.05, 0) is 24.3 Å². The van der Waals surface area contributed by atoms with Crippen molar-refractivity contribution in [3.8, 4) is 11.8 Å². The van der Waals surface area contributed by atoms with Crippen LogP contribution >= 0.6 is 11.6 Å². The smallest absolute Gasteiger partial charge is 0.300 e. The number of H-pyrrole nitrogens is 1. The third-order valence-corrected chi connectivity index (χ3v) is 1.85. The van der Waals surface area contributed by atoms with Crippen LogP contribution in [0.2, 0.25) is 5.02 Å². The number of halogens is 1. The van der Waals surface area contributed by atoms with Crippen molar-refractivity contribution in [1.82, 2.24) is 9.97 Å². The number of benzene rings is 1. The highest BCUT2D eigenvalue weighted by molar-refractivity contribution is 6.30. The van der Waals surface area contributed by atoms with Crippen molar-refractivity contribution in [2.75, 3.05) is 5.73 Å². The molecule has 0 aliphatic heterocycles. The lowest BCUT2D eigenvalue weighted by Crippen LogP contribution is -1.86. The molecule has 5 heteroatoms. The van der Waals surface area contributed by atoms with Gasteiger partial charge in [0.05, 0.1) is 6.20 Å². The molecule has 14 heavy (non-hydrogen) atoms. The second kappa shape index (κ2) is 3.59. The predicted molar refractivity (Wildman–Crippen MR) is 54.5 cm³/mol. The molecule has 3 N–H and O–H groups in total. The summed E-state index contributed by atoms with van der Waals surface area (Å²) in [4.78, 5) is 6.65. The van der Waals surface area contributed by atoms with Gasteiger partial charge in [0.2, 0.25) is 0 Å². The number of hydrogen-bond donors (Lipinski definition) is 2. The molecule has 0 atom stereocenters. The molecular weight excluding hydrogens is 202 g/mol. The van der Waals surface area contributed by atoms with Crippen LogP contribution in [-0.2, 0) is 0 Å². The van der Waals surface area contributed by atoms with Crippen LogP contribution in [0.4, 0.5) is 5.82 Å². The Kier molecular flexibility index (Phi) is 2.28. The van der Waals surface area contributed by atoms with E-state index in [1.54, 1.807) is 24.3 Å². The number of hydrogen-bond acceptors (Lipinski definition) is 3. The average molecular weight is 210 g/mol. The van der Waals surface area contributed by atoms with E-state index in [0.717, 1.165) is 0 Å². The summed E-state index contributed by atoms with van der Waals surface area (Å²) < 4.78 is 5.35. The van der Waals surface area contributed by atoms with Gasteiger partial charge in [0.25, 0.3) is 0 Å². The van der Waals surface area contributed by atoms with Crippen LogP contribution in [0.5, 0.6) is 11.8 Å². The second-order valence-electron chi connectivity index (χ2n) is 2.70. The fourth-order valence-electron chi connectivity index (χ4n) is 0.982. The van der Waals surface area contributed by atoms with Gasteiger partial charge in [-0.3, -0.25) is 4.98 Å². The molecule has 0 spiro atoms. The van der Waals surface area contributed by atoms with E-state index in [0.29, 0.717) is 22.6 Å². The Labute approximate surface area is 85.7 Å². The van der Waals surface area contributed by atoms with Crippen LogP contribution in [0, 0.1) is 0 Å². The largest absolute Gasteiger partial charge is 0.426 e. The minimum atomic E-state index is 0.366. The lowest BCUT2D eigenvalue weighted by Gasteiger charge is -2.00. The third kappa shape index (κ3) is 1.97. The Morgan fingerprint density at radius 1 is 1.29 bits per heavy atom. The van der Waals surface area contributed by atoms with Gasteiger partial charge in [-0.1, -0.05) is 11.6 Å². The van der Waals surface area contributed by atoms with Crippen molar-refractivity contribution < 1.29 is 4.74 Å². The molecule has 1 aromatic carbocycles. The van der Waals surface area contributed by atoms with Gasteiger partial charge < -0.3 is 10.5 Å². The monoisotopic (exact) mass is 209 g/mol. The van der Waals surface area contributed by atoms with Crippen LogP contribution in [0.25, 0.3) is 0 Å². The maximum atomic E-state index is 5.72. The Morgan fingerprint density at radius 2 is 2.00 bits per heavy atom. The molecule has 2 aromatic rings. The molecule has 0 bridgehead atoms. The molecule has 0 unspecified atom stereocenters. The van der Waals surface area contributed by atoms with Crippen LogP contribution in [-0.4, -0.2) is 9.97 Å². The summed E-state index contributed by atoms with van der Waals surface area (Å²) >= 11 is 5.72. The highest BCUT2D eigenvalue weighted by Crippen LogP contribution is 2.20. The zero-order valence-electron chi connectivity index (χ0n) is 7.20. The first kappa shape index (κ1) is 8.90. The summed E-state index contributed by atoms with van der Waals surface area (Å²) in [5.74, 6) is 1.12. The number of aromatic nitrogens is 2. The zero-order chi connectivity index (χ0) is 9.97. The van der Waals surface area contributed by atoms with Crippen molar-refractivity contribution in [1.29, 1.82) is 0 Å². The molecule has 0 aliphatic rings. The Morgan fingerprint density at radius 3 is 2.57 bits per heavy atom. The van der Waals surface area contributed by atoms with E-state index in [-0.39, 0.29) is 0 Å². The number of imidazole rings is 1. The van der Waals surface area contributed by atoms with Crippen molar-refractivity contribution in [2.45, 2.75) is 0 Å². The van der Waals surface area contributed by atoms with E-state index in [1.165, 1.54) is 6.20 Å². The molecule has 0 saturated carbocycles. The van der Waals surface area contributed by atoms with Crippen LogP contribution in [0.3, 0.4) is 0 Å². The summed E-state index contributed by atoms with van der Waals surface area (Å²) in [5, 5.41) is 0.663. The molecular formula is C9H8ClN3O. The summed E-state index contributed by atoms with van der Waals surface area (Å²) in [6.07, 6.45) is 1.49. The van der Waals surface area contributed by atoms with Crippen molar-refractivity contribution >= 4 is 17.4 Å². The highest BCUT2D eigenvalue weighted by Gasteiger charge is 2.00. The molecule has 0 aliphatic carbocycles. The van der Waals surface area contributed by atoms with Crippen molar-refractivity contribution in [3.05, 3.63) is 35.5 Å². The Hall–Kier alpha value is -1.68. The number of anilines is 1. The first-order chi connectivity index (χ1) is 6.74. The van der Waals surface area contributed by atoms with Gasteiger partial charge in [-0.2, -0.15) is 0 Å². The molecule has 72 valence electrons. The molecule has 0 saturated heterocycles. The van der Waals surface area contributed by atoms with E-state index in [9.17, 15) is 0 Å². The highest BCUT2D eigenvalue weighted by atomic mass is 35.5. The lowest BCUT2D eigenvalue weighted by atomic mass is 10.3. The summed E-state index contributed by atoms with van der Waals surface area (Å²) in [6.45, 7) is 0. The number of nitrogens with one attached hydrogen (secondary N) is 1. The second-order valence-corrected chi connectivity index (χ2v) is 3.14. The topological polar surface area (TPSA) is 63.9 Å². The van der Waals surface area contributed by atoms with E-state index in [4.69, 9.17) is 22.1 Å². The summed E-state index contributed by atoms with van der Waals surface area (Å²) in [6, 6.07) is 7.35. The van der Waals surface area contributed by atoms with Crippen molar-refractivity contribution in [3.63, 3.8) is 0 Å². The third-order valence-electron chi connectivity index (χ3n) is 1.60. The van der Waals surface area contributed by atoms with E-state index in [2.05, 4.69) is 9.97 Å². The van der Waals surface area contributed by atoms with E-state index >= 15 is 0 Å². The fourth-order valence-corrected chi connectivity index (χ4v) is 1.11. The quantitative estimate of drug-likeness (QED) is 0.799. The molecule has 1 heterocycles. The minimum absolute atomic E-state index is 0.366. The maximum Gasteiger partial charge on any atom is 0.300 e. The zero-order valence-corrected chi connectivity index (χ0v) is 7.95. The van der Waals surface area contributed by atoms with Gasteiger partial charge in [-0.25, -0.2) is 4.98 Å². The maximum absolute atomic E-state index is 5.72. The Bertz CT molecular complexity index is 424. The molecule has 1 aromatic heterocycles. The molecule has 2 rings (SSSR count). The normalized spacial score (nSPS) is 10.1. The van der Waals surface area contributed by atoms with Crippen LogP contribution in [0.1, 0.15) is 0 Å². The lowest BCUT2D eigenvalue weighted by molar-refractivity contribution is 0.448. The summed E-state index contributed by atoms with van der Waals surface area (Å²) in [5.41, 5.74) is 5.44.